The molecule has 1 unspecified atom stereocenters. The molecule has 0 N–H and O–H groups in total. The normalized spacial score (nSPS) is 13.1. The molecule has 0 bridgehead atoms. The van der Waals surface area contributed by atoms with E-state index >= 15 is 0 Å². The lowest BCUT2D eigenvalue weighted by atomic mass is 9.87. The first kappa shape index (κ1) is 15.7. The third kappa shape index (κ3) is 4.06. The molecule has 3 nitrogen and oxygen atoms in total. The number of methoxy groups -OCH3 is 1. The lowest BCUT2D eigenvalue weighted by Crippen LogP contribution is -2.40. The molecule has 0 saturated heterocycles. The molecule has 1 rings (SSSR count). The zero-order valence-corrected chi connectivity index (χ0v) is 12.6. The standard InChI is InChI=1S/C16H25NO2/c1-13(14-9-7-6-8-10-14)17(4)15(18)16(2,3)11-12-19-5/h6-10,13H,11-12H2,1-5H3. The Bertz CT molecular complexity index is 400. The topological polar surface area (TPSA) is 29.5 Å². The van der Waals surface area contributed by atoms with Crippen LogP contribution in [-0.4, -0.2) is 31.6 Å². The number of nitrogens with zero attached hydrogens (tertiary/aromatic N) is 1. The van der Waals surface area contributed by atoms with E-state index in [-0.39, 0.29) is 11.9 Å². The van der Waals surface area contributed by atoms with Crippen LogP contribution in [0.2, 0.25) is 0 Å². The summed E-state index contributed by atoms with van der Waals surface area (Å²) >= 11 is 0. The van der Waals surface area contributed by atoms with Gasteiger partial charge in [-0.05, 0) is 18.9 Å². The van der Waals surface area contributed by atoms with Crippen LogP contribution in [0.3, 0.4) is 0 Å². The maximum absolute atomic E-state index is 12.6. The second kappa shape index (κ2) is 6.71. The lowest BCUT2D eigenvalue weighted by Gasteiger charge is -2.33. The molecule has 0 radical (unpaired) electrons. The summed E-state index contributed by atoms with van der Waals surface area (Å²) in [5.41, 5.74) is 0.759. The highest BCUT2D eigenvalue weighted by molar-refractivity contribution is 5.82. The average Bonchev–Trinajstić information content (AvgIpc) is 2.43. The first-order valence-electron chi connectivity index (χ1n) is 6.71. The SMILES string of the molecule is COCCC(C)(C)C(=O)N(C)C(C)c1ccccc1. The first-order valence-corrected chi connectivity index (χ1v) is 6.71. The van der Waals surface area contributed by atoms with Crippen LogP contribution in [0.5, 0.6) is 0 Å². The summed E-state index contributed by atoms with van der Waals surface area (Å²) in [6, 6.07) is 10.2. The Morgan fingerprint density at radius 1 is 1.32 bits per heavy atom. The average molecular weight is 263 g/mol. The van der Waals surface area contributed by atoms with Gasteiger partial charge in [-0.2, -0.15) is 0 Å². The van der Waals surface area contributed by atoms with Gasteiger partial charge in [-0.3, -0.25) is 4.79 Å². The summed E-state index contributed by atoms with van der Waals surface area (Å²) in [5.74, 6) is 0.154. The molecule has 0 fully saturated rings. The smallest absolute Gasteiger partial charge is 0.228 e. The number of hydrogen-bond acceptors (Lipinski definition) is 2. The molecule has 1 atom stereocenters. The van der Waals surface area contributed by atoms with Gasteiger partial charge < -0.3 is 9.64 Å². The van der Waals surface area contributed by atoms with Crippen molar-refractivity contribution in [2.75, 3.05) is 20.8 Å². The summed E-state index contributed by atoms with van der Waals surface area (Å²) in [4.78, 5) is 14.4. The van der Waals surface area contributed by atoms with E-state index in [0.29, 0.717) is 6.61 Å². The maximum Gasteiger partial charge on any atom is 0.228 e. The van der Waals surface area contributed by atoms with Crippen LogP contribution >= 0.6 is 0 Å². The molecule has 1 amide bonds. The predicted molar refractivity (Wildman–Crippen MR) is 77.9 cm³/mol. The van der Waals surface area contributed by atoms with Gasteiger partial charge in [-0.15, -0.1) is 0 Å². The van der Waals surface area contributed by atoms with E-state index in [2.05, 4.69) is 19.1 Å². The number of carbonyl (C=O) groups is 1. The van der Waals surface area contributed by atoms with Gasteiger partial charge in [-0.1, -0.05) is 44.2 Å². The molecule has 0 heterocycles. The Hall–Kier alpha value is -1.35. The fourth-order valence-electron chi connectivity index (χ4n) is 2.07. The molecule has 0 saturated carbocycles. The monoisotopic (exact) mass is 263 g/mol. The quantitative estimate of drug-likeness (QED) is 0.788. The number of carbonyl (C=O) groups excluding carboxylic acids is 1. The molecule has 106 valence electrons. The highest BCUT2D eigenvalue weighted by Crippen LogP contribution is 2.28. The predicted octanol–water partition coefficient (Wildman–Crippen LogP) is 3.27. The highest BCUT2D eigenvalue weighted by Gasteiger charge is 2.32. The van der Waals surface area contributed by atoms with Gasteiger partial charge in [0.1, 0.15) is 0 Å². The molecule has 1 aromatic rings. The maximum atomic E-state index is 12.6. The van der Waals surface area contributed by atoms with E-state index in [9.17, 15) is 4.79 Å². The molecule has 0 aliphatic rings. The second-order valence-electron chi connectivity index (χ2n) is 5.63. The fourth-order valence-corrected chi connectivity index (χ4v) is 2.07. The Labute approximate surface area is 116 Å². The van der Waals surface area contributed by atoms with Crippen LogP contribution in [-0.2, 0) is 9.53 Å². The second-order valence-corrected chi connectivity index (χ2v) is 5.63. The summed E-state index contributed by atoms with van der Waals surface area (Å²) in [5, 5.41) is 0. The molecule has 1 aromatic carbocycles. The summed E-state index contributed by atoms with van der Waals surface area (Å²) < 4.78 is 5.08. The van der Waals surface area contributed by atoms with Crippen LogP contribution in [0, 0.1) is 5.41 Å². The molecular formula is C16H25NO2. The van der Waals surface area contributed by atoms with Gasteiger partial charge in [0.2, 0.25) is 5.91 Å². The Morgan fingerprint density at radius 2 is 1.89 bits per heavy atom. The number of rotatable bonds is 6. The van der Waals surface area contributed by atoms with Crippen LogP contribution in [0.15, 0.2) is 30.3 Å². The van der Waals surface area contributed by atoms with Crippen molar-refractivity contribution in [3.8, 4) is 0 Å². The van der Waals surface area contributed by atoms with Crippen LogP contribution in [0.1, 0.15) is 38.8 Å². The largest absolute Gasteiger partial charge is 0.385 e. The molecule has 0 aliphatic heterocycles. The van der Waals surface area contributed by atoms with Crippen molar-refractivity contribution in [3.63, 3.8) is 0 Å². The lowest BCUT2D eigenvalue weighted by molar-refractivity contribution is -0.142. The fraction of sp³-hybridized carbons (Fsp3) is 0.562. The summed E-state index contributed by atoms with van der Waals surface area (Å²) in [7, 11) is 3.53. The molecule has 0 aliphatic carbocycles. The van der Waals surface area contributed by atoms with E-state index in [1.165, 1.54) is 0 Å². The van der Waals surface area contributed by atoms with Gasteiger partial charge in [0.15, 0.2) is 0 Å². The first-order chi connectivity index (χ1) is 8.90. The number of benzene rings is 1. The molecule has 0 spiro atoms. The van der Waals surface area contributed by atoms with Crippen LogP contribution in [0.25, 0.3) is 0 Å². The van der Waals surface area contributed by atoms with E-state index in [4.69, 9.17) is 4.74 Å². The van der Waals surface area contributed by atoms with Gasteiger partial charge >= 0.3 is 0 Å². The van der Waals surface area contributed by atoms with E-state index in [1.54, 1.807) is 7.11 Å². The minimum absolute atomic E-state index is 0.0792. The van der Waals surface area contributed by atoms with Crippen molar-refractivity contribution in [2.45, 2.75) is 33.2 Å². The van der Waals surface area contributed by atoms with E-state index < -0.39 is 5.41 Å². The summed E-state index contributed by atoms with van der Waals surface area (Å²) in [6.45, 7) is 6.61. The number of hydrogen-bond donors (Lipinski definition) is 0. The van der Waals surface area contributed by atoms with Crippen LogP contribution in [0.4, 0.5) is 0 Å². The Morgan fingerprint density at radius 3 is 2.42 bits per heavy atom. The van der Waals surface area contributed by atoms with Gasteiger partial charge in [-0.25, -0.2) is 0 Å². The van der Waals surface area contributed by atoms with E-state index in [0.717, 1.165) is 12.0 Å². The minimum Gasteiger partial charge on any atom is -0.385 e. The Kier molecular flexibility index (Phi) is 5.55. The number of ether oxygens (including phenoxy) is 1. The van der Waals surface area contributed by atoms with Crippen LogP contribution < -0.4 is 0 Å². The van der Waals surface area contributed by atoms with Gasteiger partial charge in [0.25, 0.3) is 0 Å². The van der Waals surface area contributed by atoms with Crippen molar-refractivity contribution in [1.82, 2.24) is 4.90 Å². The molecule has 3 heteroatoms. The Balaban J connectivity index is 2.76. The van der Waals surface area contributed by atoms with Crippen molar-refractivity contribution >= 4 is 5.91 Å². The van der Waals surface area contributed by atoms with Crippen molar-refractivity contribution in [1.29, 1.82) is 0 Å². The van der Waals surface area contributed by atoms with Gasteiger partial charge in [0, 0.05) is 26.2 Å². The molecule has 19 heavy (non-hydrogen) atoms. The van der Waals surface area contributed by atoms with E-state index in [1.807, 2.05) is 44.0 Å². The number of amides is 1. The highest BCUT2D eigenvalue weighted by atomic mass is 16.5. The molecule has 0 aromatic heterocycles. The third-order valence-electron chi connectivity index (χ3n) is 3.69. The minimum atomic E-state index is -0.395. The third-order valence-corrected chi connectivity index (χ3v) is 3.69. The van der Waals surface area contributed by atoms with Crippen molar-refractivity contribution in [3.05, 3.63) is 35.9 Å². The van der Waals surface area contributed by atoms with Crippen molar-refractivity contribution in [2.24, 2.45) is 5.41 Å². The molecular weight excluding hydrogens is 238 g/mol. The summed E-state index contributed by atoms with van der Waals surface area (Å²) in [6.07, 6.45) is 0.730. The zero-order valence-electron chi connectivity index (χ0n) is 12.6. The van der Waals surface area contributed by atoms with Gasteiger partial charge in [0.05, 0.1) is 6.04 Å². The zero-order chi connectivity index (χ0) is 14.5. The van der Waals surface area contributed by atoms with Crippen molar-refractivity contribution < 1.29 is 9.53 Å².